The highest BCUT2D eigenvalue weighted by molar-refractivity contribution is 7.21. The maximum absolute atomic E-state index is 13.0. The minimum Gasteiger partial charge on any atom is -0.338 e. The number of aryl methyl sites for hydroxylation is 2. The number of hydrogen-bond acceptors (Lipinski definition) is 6. The molecule has 1 aliphatic heterocycles. The Morgan fingerprint density at radius 3 is 2.72 bits per heavy atom. The van der Waals surface area contributed by atoms with Crippen LogP contribution in [0.4, 0.5) is 5.13 Å². The average Bonchev–Trinajstić information content (AvgIpc) is 3.46. The normalized spacial score (nSPS) is 16.0. The van der Waals surface area contributed by atoms with Crippen LogP contribution in [-0.4, -0.2) is 33.3 Å². The molecule has 4 aromatic rings. The molecule has 6 nitrogen and oxygen atoms in total. The number of aromatic amines is 1. The fraction of sp³-hybridized carbons (Fsp3) is 0.280. The molecule has 7 heteroatoms. The second-order valence-electron chi connectivity index (χ2n) is 8.18. The van der Waals surface area contributed by atoms with Gasteiger partial charge in [-0.2, -0.15) is 0 Å². The van der Waals surface area contributed by atoms with E-state index in [1.54, 1.807) is 0 Å². The van der Waals surface area contributed by atoms with Crippen molar-refractivity contribution in [3.63, 3.8) is 0 Å². The quantitative estimate of drug-likeness (QED) is 0.473. The number of aromatic nitrogens is 3. The highest BCUT2D eigenvalue weighted by Crippen LogP contribution is 2.33. The number of fused-ring (bicyclic) bond motifs is 1. The zero-order valence-corrected chi connectivity index (χ0v) is 18.7. The van der Waals surface area contributed by atoms with Crippen molar-refractivity contribution in [2.24, 2.45) is 0 Å². The molecular weight excluding hydrogens is 420 g/mol. The van der Waals surface area contributed by atoms with E-state index in [4.69, 9.17) is 4.98 Å². The van der Waals surface area contributed by atoms with Crippen LogP contribution >= 0.6 is 11.3 Å². The molecule has 32 heavy (non-hydrogen) atoms. The van der Waals surface area contributed by atoms with E-state index in [0.717, 1.165) is 36.9 Å². The zero-order chi connectivity index (χ0) is 22.1. The maximum Gasteiger partial charge on any atom is 0.278 e. The molecule has 0 radical (unpaired) electrons. The number of benzene rings is 2. The number of thiazole rings is 1. The van der Waals surface area contributed by atoms with Crippen LogP contribution in [0, 0.1) is 6.92 Å². The van der Waals surface area contributed by atoms with Crippen LogP contribution < -0.4 is 10.5 Å². The van der Waals surface area contributed by atoms with E-state index in [1.165, 1.54) is 16.9 Å². The predicted octanol–water partition coefficient (Wildman–Crippen LogP) is 4.53. The zero-order valence-electron chi connectivity index (χ0n) is 17.9. The summed E-state index contributed by atoms with van der Waals surface area (Å²) in [5.41, 5.74) is 3.21. The van der Waals surface area contributed by atoms with E-state index >= 15 is 0 Å². The van der Waals surface area contributed by atoms with Gasteiger partial charge in [0.15, 0.2) is 21.3 Å². The van der Waals surface area contributed by atoms with E-state index in [1.807, 2.05) is 49.4 Å². The van der Waals surface area contributed by atoms with Gasteiger partial charge in [-0.05, 0) is 37.3 Å². The van der Waals surface area contributed by atoms with Crippen molar-refractivity contribution in [1.29, 1.82) is 0 Å². The van der Waals surface area contributed by atoms with Gasteiger partial charge in [0.2, 0.25) is 0 Å². The number of Topliss-reactive ketones (excluding diaryl/α,β-unsaturated/α-hetero) is 1. The molecule has 162 valence electrons. The number of nitrogens with zero attached hydrogens (tertiary/aromatic N) is 3. The number of carbonyl (C=O) groups excluding carboxylic acids is 1. The SMILES string of the molecule is Cc1ccccc1-c1nc2sc(N3CCC[C@@H]3C(=O)CCc3ccccc3)nc2c(=O)[nH]1. The van der Waals surface area contributed by atoms with Crippen LogP contribution in [0.2, 0.25) is 0 Å². The number of rotatable bonds is 6. The van der Waals surface area contributed by atoms with Gasteiger partial charge >= 0.3 is 0 Å². The monoisotopic (exact) mass is 444 g/mol. The molecule has 1 atom stereocenters. The molecule has 0 spiro atoms. The van der Waals surface area contributed by atoms with Crippen molar-refractivity contribution in [3.05, 3.63) is 76.1 Å². The van der Waals surface area contributed by atoms with Crippen molar-refractivity contribution >= 4 is 32.6 Å². The van der Waals surface area contributed by atoms with Crippen LogP contribution in [0.1, 0.15) is 30.4 Å². The number of carbonyl (C=O) groups is 1. The Balaban J connectivity index is 1.41. The lowest BCUT2D eigenvalue weighted by Crippen LogP contribution is -2.36. The first kappa shape index (κ1) is 20.6. The van der Waals surface area contributed by atoms with Gasteiger partial charge in [-0.1, -0.05) is 65.9 Å². The van der Waals surface area contributed by atoms with Crippen LogP contribution in [-0.2, 0) is 11.2 Å². The molecule has 5 rings (SSSR count). The van der Waals surface area contributed by atoms with E-state index < -0.39 is 0 Å². The highest BCUT2D eigenvalue weighted by atomic mass is 32.1. The van der Waals surface area contributed by atoms with Gasteiger partial charge in [-0.25, -0.2) is 9.97 Å². The fourth-order valence-electron chi connectivity index (χ4n) is 4.32. The lowest BCUT2D eigenvalue weighted by atomic mass is 10.0. The molecule has 2 aromatic carbocycles. The summed E-state index contributed by atoms with van der Waals surface area (Å²) in [6.07, 6.45) is 3.01. The standard InChI is InChI=1S/C25H24N4O2S/c1-16-8-5-6-11-18(16)22-27-23(31)21-24(28-22)32-25(26-21)29-15-7-12-19(29)20(30)14-13-17-9-3-2-4-10-17/h2-6,8-11,19H,7,12-15H2,1H3,(H,27,28,31)/t19-/m1/s1. The summed E-state index contributed by atoms with van der Waals surface area (Å²) in [7, 11) is 0. The summed E-state index contributed by atoms with van der Waals surface area (Å²) >= 11 is 1.39. The molecule has 1 aliphatic rings. The third-order valence-corrected chi connectivity index (χ3v) is 7.02. The van der Waals surface area contributed by atoms with E-state index in [9.17, 15) is 9.59 Å². The van der Waals surface area contributed by atoms with E-state index in [0.29, 0.717) is 27.7 Å². The summed E-state index contributed by atoms with van der Waals surface area (Å²) in [6.45, 7) is 2.76. The average molecular weight is 445 g/mol. The molecule has 0 aliphatic carbocycles. The number of H-pyrrole nitrogens is 1. The van der Waals surface area contributed by atoms with Crippen LogP contribution in [0.25, 0.3) is 21.7 Å². The third kappa shape index (κ3) is 3.96. The molecule has 1 saturated heterocycles. The Labute approximate surface area is 190 Å². The summed E-state index contributed by atoms with van der Waals surface area (Å²) in [5, 5.41) is 0.704. The molecule has 2 aromatic heterocycles. The molecule has 0 amide bonds. The number of hydrogen-bond donors (Lipinski definition) is 1. The summed E-state index contributed by atoms with van der Waals surface area (Å²) in [4.78, 5) is 40.6. The molecule has 0 unspecified atom stereocenters. The van der Waals surface area contributed by atoms with Crippen LogP contribution in [0.5, 0.6) is 0 Å². The molecule has 0 saturated carbocycles. The van der Waals surface area contributed by atoms with Gasteiger partial charge in [0.25, 0.3) is 5.56 Å². The van der Waals surface area contributed by atoms with Gasteiger partial charge in [0.1, 0.15) is 5.82 Å². The van der Waals surface area contributed by atoms with Crippen molar-refractivity contribution < 1.29 is 4.79 Å². The molecule has 0 bridgehead atoms. The largest absolute Gasteiger partial charge is 0.338 e. The smallest absolute Gasteiger partial charge is 0.278 e. The van der Waals surface area contributed by atoms with E-state index in [2.05, 4.69) is 27.0 Å². The molecule has 3 heterocycles. The van der Waals surface area contributed by atoms with Crippen molar-refractivity contribution in [1.82, 2.24) is 15.0 Å². The number of ketones is 1. The lowest BCUT2D eigenvalue weighted by Gasteiger charge is -2.22. The van der Waals surface area contributed by atoms with Crippen LogP contribution in [0.15, 0.2) is 59.4 Å². The second-order valence-corrected chi connectivity index (χ2v) is 9.14. The van der Waals surface area contributed by atoms with Crippen LogP contribution in [0.3, 0.4) is 0 Å². The van der Waals surface area contributed by atoms with Crippen molar-refractivity contribution in [2.75, 3.05) is 11.4 Å². The Bertz CT molecular complexity index is 1330. The van der Waals surface area contributed by atoms with Gasteiger partial charge in [0.05, 0.1) is 6.04 Å². The third-order valence-electron chi connectivity index (χ3n) is 6.03. The fourth-order valence-corrected chi connectivity index (χ4v) is 5.34. The Kier molecular flexibility index (Phi) is 5.57. The Morgan fingerprint density at radius 1 is 1.12 bits per heavy atom. The lowest BCUT2D eigenvalue weighted by molar-refractivity contribution is -0.120. The Hall–Kier alpha value is -3.32. The summed E-state index contributed by atoms with van der Waals surface area (Å²) in [5.74, 6) is 0.779. The summed E-state index contributed by atoms with van der Waals surface area (Å²) < 4.78 is 0. The molecular formula is C25H24N4O2S. The summed E-state index contributed by atoms with van der Waals surface area (Å²) in [6, 6.07) is 17.7. The van der Waals surface area contributed by atoms with Crippen molar-refractivity contribution in [3.8, 4) is 11.4 Å². The van der Waals surface area contributed by atoms with E-state index in [-0.39, 0.29) is 17.4 Å². The minimum absolute atomic E-state index is 0.186. The number of anilines is 1. The first-order valence-electron chi connectivity index (χ1n) is 10.9. The van der Waals surface area contributed by atoms with Gasteiger partial charge in [-0.15, -0.1) is 0 Å². The second kappa shape index (κ2) is 8.67. The molecule has 1 fully saturated rings. The first-order valence-corrected chi connectivity index (χ1v) is 11.7. The predicted molar refractivity (Wildman–Crippen MR) is 128 cm³/mol. The van der Waals surface area contributed by atoms with Gasteiger partial charge in [-0.3, -0.25) is 9.59 Å². The highest BCUT2D eigenvalue weighted by Gasteiger charge is 2.32. The van der Waals surface area contributed by atoms with Gasteiger partial charge < -0.3 is 9.88 Å². The van der Waals surface area contributed by atoms with Crippen molar-refractivity contribution in [2.45, 2.75) is 38.6 Å². The molecule has 1 N–H and O–H groups in total. The van der Waals surface area contributed by atoms with Gasteiger partial charge in [0, 0.05) is 18.5 Å². The number of nitrogens with one attached hydrogen (secondary N) is 1. The Morgan fingerprint density at radius 2 is 1.91 bits per heavy atom. The first-order chi connectivity index (χ1) is 15.6. The topological polar surface area (TPSA) is 79.0 Å². The minimum atomic E-state index is -0.248. The maximum atomic E-state index is 13.0.